The number of hydrogen-bond donors (Lipinski definition) is 0. The van der Waals surface area contributed by atoms with Gasteiger partial charge in [0.2, 0.25) is 9.84 Å². The second-order valence-electron chi connectivity index (χ2n) is 4.16. The van der Waals surface area contributed by atoms with E-state index in [-0.39, 0.29) is 15.6 Å². The van der Waals surface area contributed by atoms with Gasteiger partial charge in [-0.3, -0.25) is 4.79 Å². The van der Waals surface area contributed by atoms with Gasteiger partial charge in [-0.1, -0.05) is 12.1 Å². The van der Waals surface area contributed by atoms with Crippen molar-refractivity contribution in [3.63, 3.8) is 0 Å². The summed E-state index contributed by atoms with van der Waals surface area (Å²) in [7, 11) is -3.94. The molecular formula is C14H10F2O3S. The van der Waals surface area contributed by atoms with E-state index in [9.17, 15) is 22.0 Å². The van der Waals surface area contributed by atoms with Crippen molar-refractivity contribution in [1.82, 2.24) is 0 Å². The predicted octanol–water partition coefficient (Wildman–Crippen LogP) is 3.00. The van der Waals surface area contributed by atoms with Crippen molar-refractivity contribution in [2.45, 2.75) is 16.7 Å². The van der Waals surface area contributed by atoms with Crippen LogP contribution in [-0.2, 0) is 9.84 Å². The molecule has 0 bridgehead atoms. The molecule has 104 valence electrons. The van der Waals surface area contributed by atoms with Crippen molar-refractivity contribution in [1.29, 1.82) is 0 Å². The highest BCUT2D eigenvalue weighted by Crippen LogP contribution is 2.22. The molecule has 3 nitrogen and oxygen atoms in total. The van der Waals surface area contributed by atoms with Crippen molar-refractivity contribution in [2.24, 2.45) is 0 Å². The maximum Gasteiger partial charge on any atom is 0.206 e. The first-order valence-electron chi connectivity index (χ1n) is 5.63. The van der Waals surface area contributed by atoms with Crippen LogP contribution in [0.1, 0.15) is 17.3 Å². The lowest BCUT2D eigenvalue weighted by Crippen LogP contribution is -2.04. The Morgan fingerprint density at radius 1 is 0.900 bits per heavy atom. The fraction of sp³-hybridized carbons (Fsp3) is 0.0714. The summed E-state index contributed by atoms with van der Waals surface area (Å²) in [5.41, 5.74) is 0.370. The standard InChI is InChI=1S/C14H10F2O3S/c1-9(17)10-2-4-11(5-3-10)20(18,19)12-6-7-13(15)14(16)8-12/h2-8H,1H3. The molecule has 0 N–H and O–H groups in total. The van der Waals surface area contributed by atoms with Gasteiger partial charge in [-0.25, -0.2) is 17.2 Å². The Balaban J connectivity index is 2.49. The van der Waals surface area contributed by atoms with Gasteiger partial charge in [-0.15, -0.1) is 0 Å². The molecule has 0 aliphatic heterocycles. The Bertz CT molecular complexity index is 766. The molecule has 0 fully saturated rings. The normalized spacial score (nSPS) is 11.3. The van der Waals surface area contributed by atoms with Crippen LogP contribution in [0.2, 0.25) is 0 Å². The van der Waals surface area contributed by atoms with Gasteiger partial charge in [0.25, 0.3) is 0 Å². The fourth-order valence-corrected chi connectivity index (χ4v) is 2.92. The Labute approximate surface area is 114 Å². The average molecular weight is 296 g/mol. The summed E-state index contributed by atoms with van der Waals surface area (Å²) in [5.74, 6) is -2.54. The zero-order valence-corrected chi connectivity index (χ0v) is 11.2. The van der Waals surface area contributed by atoms with Gasteiger partial charge < -0.3 is 0 Å². The Kier molecular flexibility index (Phi) is 3.67. The minimum atomic E-state index is -3.94. The van der Waals surface area contributed by atoms with Crippen LogP contribution in [0.3, 0.4) is 0 Å². The van der Waals surface area contributed by atoms with Crippen LogP contribution in [0.25, 0.3) is 0 Å². The number of halogens is 2. The minimum Gasteiger partial charge on any atom is -0.295 e. The maximum absolute atomic E-state index is 13.1. The fourth-order valence-electron chi connectivity index (χ4n) is 1.65. The third-order valence-corrected chi connectivity index (χ3v) is 4.54. The summed E-state index contributed by atoms with van der Waals surface area (Å²) in [5, 5.41) is 0. The molecule has 6 heteroatoms. The highest BCUT2D eigenvalue weighted by molar-refractivity contribution is 7.91. The van der Waals surface area contributed by atoms with Crippen LogP contribution in [-0.4, -0.2) is 14.2 Å². The van der Waals surface area contributed by atoms with Gasteiger partial charge in [-0.05, 0) is 37.3 Å². The van der Waals surface area contributed by atoms with E-state index in [4.69, 9.17) is 0 Å². The van der Waals surface area contributed by atoms with Crippen molar-refractivity contribution >= 4 is 15.6 Å². The molecule has 0 amide bonds. The lowest BCUT2D eigenvalue weighted by Gasteiger charge is -2.05. The van der Waals surface area contributed by atoms with Crippen molar-refractivity contribution in [2.75, 3.05) is 0 Å². The van der Waals surface area contributed by atoms with Gasteiger partial charge in [0.1, 0.15) is 0 Å². The summed E-state index contributed by atoms with van der Waals surface area (Å²) in [6, 6.07) is 7.63. The molecule has 0 unspecified atom stereocenters. The summed E-state index contributed by atoms with van der Waals surface area (Å²) in [6.07, 6.45) is 0. The van der Waals surface area contributed by atoms with E-state index in [1.54, 1.807) is 0 Å². The van der Waals surface area contributed by atoms with E-state index in [0.717, 1.165) is 12.1 Å². The molecule has 2 aromatic carbocycles. The molecule has 0 aliphatic carbocycles. The van der Waals surface area contributed by atoms with Gasteiger partial charge in [-0.2, -0.15) is 0 Å². The largest absolute Gasteiger partial charge is 0.295 e. The number of rotatable bonds is 3. The second-order valence-corrected chi connectivity index (χ2v) is 6.11. The van der Waals surface area contributed by atoms with E-state index in [1.807, 2.05) is 0 Å². The van der Waals surface area contributed by atoms with Gasteiger partial charge in [0.05, 0.1) is 9.79 Å². The van der Waals surface area contributed by atoms with Crippen LogP contribution in [0.4, 0.5) is 8.78 Å². The monoisotopic (exact) mass is 296 g/mol. The van der Waals surface area contributed by atoms with E-state index in [2.05, 4.69) is 0 Å². The smallest absolute Gasteiger partial charge is 0.206 e. The Morgan fingerprint density at radius 2 is 1.45 bits per heavy atom. The van der Waals surface area contributed by atoms with Crippen molar-refractivity contribution in [3.8, 4) is 0 Å². The number of sulfone groups is 1. The first kappa shape index (κ1) is 14.3. The molecule has 0 aromatic heterocycles. The molecule has 0 radical (unpaired) electrons. The van der Waals surface area contributed by atoms with Gasteiger partial charge in [0.15, 0.2) is 17.4 Å². The summed E-state index contributed by atoms with van der Waals surface area (Å²) in [6.45, 7) is 1.36. The quantitative estimate of drug-likeness (QED) is 0.646. The van der Waals surface area contributed by atoms with Gasteiger partial charge >= 0.3 is 0 Å². The van der Waals surface area contributed by atoms with E-state index >= 15 is 0 Å². The molecule has 0 atom stereocenters. The van der Waals surface area contributed by atoms with Crippen molar-refractivity contribution in [3.05, 3.63) is 59.7 Å². The molecule has 0 spiro atoms. The lowest BCUT2D eigenvalue weighted by molar-refractivity contribution is 0.101. The van der Waals surface area contributed by atoms with E-state index in [0.29, 0.717) is 11.6 Å². The highest BCUT2D eigenvalue weighted by Gasteiger charge is 2.19. The molecule has 0 saturated carbocycles. The lowest BCUT2D eigenvalue weighted by atomic mass is 10.2. The number of ketones is 1. The van der Waals surface area contributed by atoms with E-state index < -0.39 is 21.5 Å². The third-order valence-electron chi connectivity index (χ3n) is 2.77. The van der Waals surface area contributed by atoms with Crippen LogP contribution in [0.5, 0.6) is 0 Å². The number of benzene rings is 2. The summed E-state index contributed by atoms with van der Waals surface area (Å²) in [4.78, 5) is 10.7. The van der Waals surface area contributed by atoms with Crippen molar-refractivity contribution < 1.29 is 22.0 Å². The number of carbonyl (C=O) groups excluding carboxylic acids is 1. The van der Waals surface area contributed by atoms with Crippen LogP contribution in [0.15, 0.2) is 52.3 Å². The molecule has 2 rings (SSSR count). The molecule has 20 heavy (non-hydrogen) atoms. The zero-order chi connectivity index (χ0) is 14.9. The summed E-state index contributed by atoms with van der Waals surface area (Å²) >= 11 is 0. The average Bonchev–Trinajstić information content (AvgIpc) is 2.41. The predicted molar refractivity (Wildman–Crippen MR) is 68.3 cm³/mol. The third kappa shape index (κ3) is 2.60. The first-order valence-corrected chi connectivity index (χ1v) is 7.12. The SMILES string of the molecule is CC(=O)c1ccc(S(=O)(=O)c2ccc(F)c(F)c2)cc1. The van der Waals surface area contributed by atoms with Crippen LogP contribution in [0, 0.1) is 11.6 Å². The minimum absolute atomic E-state index is 0.0893. The number of Topliss-reactive ketones (excluding diaryl/α,β-unsaturated/α-hetero) is 1. The highest BCUT2D eigenvalue weighted by atomic mass is 32.2. The molecular weight excluding hydrogens is 286 g/mol. The molecule has 0 heterocycles. The zero-order valence-electron chi connectivity index (χ0n) is 10.4. The van der Waals surface area contributed by atoms with E-state index in [1.165, 1.54) is 31.2 Å². The number of carbonyl (C=O) groups is 1. The second kappa shape index (κ2) is 5.13. The maximum atomic E-state index is 13.1. The summed E-state index contributed by atoms with van der Waals surface area (Å²) < 4.78 is 50.3. The topological polar surface area (TPSA) is 51.2 Å². The van der Waals surface area contributed by atoms with Crippen LogP contribution >= 0.6 is 0 Å². The van der Waals surface area contributed by atoms with Gasteiger partial charge in [0, 0.05) is 5.56 Å². The Morgan fingerprint density at radius 3 is 1.95 bits per heavy atom. The number of hydrogen-bond acceptors (Lipinski definition) is 3. The molecule has 0 saturated heterocycles. The molecule has 2 aromatic rings. The Hall–Kier alpha value is -2.08. The molecule has 0 aliphatic rings. The van der Waals surface area contributed by atoms with Crippen LogP contribution < -0.4 is 0 Å². The first-order chi connectivity index (χ1) is 9.32.